The minimum atomic E-state index is -0.424. The molecule has 0 spiro atoms. The van der Waals surface area contributed by atoms with Gasteiger partial charge in [0.05, 0.1) is 21.9 Å². The largest absolute Gasteiger partial charge is 0.465 e. The van der Waals surface area contributed by atoms with E-state index in [2.05, 4.69) is 31.9 Å². The minimum Gasteiger partial charge on any atom is -0.465 e. The molecule has 8 heteroatoms. The highest BCUT2D eigenvalue weighted by molar-refractivity contribution is 9.13. The smallest absolute Gasteiger partial charge is 0.325 e. The Bertz CT molecular complexity index is 459. The number of thiophene rings is 1. The van der Waals surface area contributed by atoms with Crippen molar-refractivity contribution in [3.63, 3.8) is 0 Å². The van der Waals surface area contributed by atoms with Crippen LogP contribution in [-0.2, 0) is 14.3 Å². The Kier molecular flexibility index (Phi) is 7.71. The van der Waals surface area contributed by atoms with E-state index < -0.39 is 5.97 Å². The van der Waals surface area contributed by atoms with Gasteiger partial charge in [-0.2, -0.15) is 0 Å². The molecule has 1 aromatic rings. The van der Waals surface area contributed by atoms with Gasteiger partial charge in [0.15, 0.2) is 0 Å². The van der Waals surface area contributed by atoms with Crippen LogP contribution in [0.15, 0.2) is 14.3 Å². The van der Waals surface area contributed by atoms with E-state index in [-0.39, 0.29) is 12.5 Å². The van der Waals surface area contributed by atoms with Gasteiger partial charge in [-0.05, 0) is 44.8 Å². The fraction of sp³-hybridized carbons (Fsp3) is 0.500. The van der Waals surface area contributed by atoms with Crippen molar-refractivity contribution < 1.29 is 19.1 Å². The van der Waals surface area contributed by atoms with E-state index >= 15 is 0 Å². The fourth-order valence-electron chi connectivity index (χ4n) is 1.42. The Morgan fingerprint density at radius 2 is 2.10 bits per heavy atom. The Labute approximate surface area is 138 Å². The Morgan fingerprint density at radius 3 is 2.60 bits per heavy atom. The molecule has 0 N–H and O–H groups in total. The highest BCUT2D eigenvalue weighted by Gasteiger charge is 2.21. The van der Waals surface area contributed by atoms with E-state index in [9.17, 15) is 9.59 Å². The molecule has 112 valence electrons. The molecule has 0 saturated heterocycles. The van der Waals surface area contributed by atoms with Crippen LogP contribution in [0.2, 0.25) is 0 Å². The van der Waals surface area contributed by atoms with Crippen LogP contribution in [-0.4, -0.2) is 50.2 Å². The number of hydrogen-bond acceptors (Lipinski definition) is 5. The summed E-state index contributed by atoms with van der Waals surface area (Å²) in [5.74, 6) is -0.641. The summed E-state index contributed by atoms with van der Waals surface area (Å²) in [4.78, 5) is 25.9. The number of hydrogen-bond donors (Lipinski definition) is 0. The topological polar surface area (TPSA) is 55.8 Å². The number of nitrogens with zero attached hydrogens (tertiary/aromatic N) is 1. The number of ether oxygens (including phenoxy) is 2. The highest BCUT2D eigenvalue weighted by Crippen LogP contribution is 2.32. The van der Waals surface area contributed by atoms with Gasteiger partial charge in [-0.3, -0.25) is 9.59 Å². The average Bonchev–Trinajstić information content (AvgIpc) is 2.74. The van der Waals surface area contributed by atoms with Gasteiger partial charge in [0.2, 0.25) is 0 Å². The van der Waals surface area contributed by atoms with Gasteiger partial charge in [0.25, 0.3) is 5.91 Å². The quantitative estimate of drug-likeness (QED) is 0.626. The fourth-order valence-corrected chi connectivity index (χ4v) is 3.43. The number of rotatable bonds is 7. The molecule has 0 unspecified atom stereocenters. The van der Waals surface area contributed by atoms with Crippen LogP contribution in [0.5, 0.6) is 0 Å². The third-order valence-electron chi connectivity index (χ3n) is 2.33. The van der Waals surface area contributed by atoms with Gasteiger partial charge < -0.3 is 14.4 Å². The zero-order chi connectivity index (χ0) is 15.1. The summed E-state index contributed by atoms with van der Waals surface area (Å²) < 4.78 is 11.5. The minimum absolute atomic E-state index is 0.0802. The zero-order valence-corrected chi connectivity index (χ0v) is 15.1. The molecule has 0 aliphatic heterocycles. The second-order valence-electron chi connectivity index (χ2n) is 3.76. The van der Waals surface area contributed by atoms with Gasteiger partial charge in [-0.15, -0.1) is 11.3 Å². The molecule has 0 radical (unpaired) electrons. The molecule has 1 heterocycles. The van der Waals surface area contributed by atoms with Gasteiger partial charge in [0, 0.05) is 18.1 Å². The van der Waals surface area contributed by atoms with E-state index in [1.54, 1.807) is 20.1 Å². The molecule has 0 atom stereocenters. The maximum Gasteiger partial charge on any atom is 0.325 e. The van der Waals surface area contributed by atoms with Gasteiger partial charge in [-0.25, -0.2) is 0 Å². The molecule has 0 fully saturated rings. The maximum absolute atomic E-state index is 12.4. The Morgan fingerprint density at radius 1 is 1.40 bits per heavy atom. The molecular formula is C12H15Br2NO4S. The Hall–Kier alpha value is -0.440. The van der Waals surface area contributed by atoms with Gasteiger partial charge in [0.1, 0.15) is 6.54 Å². The summed E-state index contributed by atoms with van der Waals surface area (Å²) in [6.45, 7) is 2.64. The lowest BCUT2D eigenvalue weighted by molar-refractivity contribution is -0.143. The number of halogens is 2. The number of methoxy groups -OCH3 is 1. The Balaban J connectivity index is 2.80. The van der Waals surface area contributed by atoms with E-state index in [0.29, 0.717) is 24.6 Å². The predicted octanol–water partition coefficient (Wildman–Crippen LogP) is 2.92. The molecule has 1 aromatic heterocycles. The zero-order valence-electron chi connectivity index (χ0n) is 11.2. The summed E-state index contributed by atoms with van der Waals surface area (Å²) in [7, 11) is 1.55. The standard InChI is InChI=1S/C12H15Br2NO4S/c1-3-19-10(16)7-15(4-5-18-2)12(17)9-6-8(13)11(14)20-9/h6H,3-5,7H2,1-2H3. The van der Waals surface area contributed by atoms with Crippen molar-refractivity contribution in [3.8, 4) is 0 Å². The van der Waals surface area contributed by atoms with Gasteiger partial charge >= 0.3 is 5.97 Å². The van der Waals surface area contributed by atoms with Gasteiger partial charge in [-0.1, -0.05) is 0 Å². The maximum atomic E-state index is 12.4. The third kappa shape index (κ3) is 5.16. The van der Waals surface area contributed by atoms with Crippen LogP contribution in [0.3, 0.4) is 0 Å². The van der Waals surface area contributed by atoms with Crippen LogP contribution in [0.4, 0.5) is 0 Å². The second kappa shape index (κ2) is 8.76. The average molecular weight is 429 g/mol. The van der Waals surface area contributed by atoms with Crippen LogP contribution in [0, 0.1) is 0 Å². The SMILES string of the molecule is CCOC(=O)CN(CCOC)C(=O)c1cc(Br)c(Br)s1. The number of esters is 1. The van der Waals surface area contributed by atoms with Crippen molar-refractivity contribution in [1.29, 1.82) is 0 Å². The van der Waals surface area contributed by atoms with Crippen molar-refractivity contribution in [2.24, 2.45) is 0 Å². The number of carbonyl (C=O) groups is 2. The van der Waals surface area contributed by atoms with Crippen molar-refractivity contribution in [3.05, 3.63) is 19.2 Å². The monoisotopic (exact) mass is 427 g/mol. The summed E-state index contributed by atoms with van der Waals surface area (Å²) in [5, 5.41) is 0. The molecule has 1 amide bonds. The van der Waals surface area contributed by atoms with Crippen molar-refractivity contribution in [1.82, 2.24) is 4.90 Å². The van der Waals surface area contributed by atoms with E-state index in [0.717, 1.165) is 8.26 Å². The molecule has 0 saturated carbocycles. The van der Waals surface area contributed by atoms with Crippen LogP contribution < -0.4 is 0 Å². The lowest BCUT2D eigenvalue weighted by atomic mass is 10.3. The molecule has 0 aliphatic rings. The van der Waals surface area contributed by atoms with Crippen LogP contribution in [0.1, 0.15) is 16.6 Å². The van der Waals surface area contributed by atoms with Crippen molar-refractivity contribution in [2.45, 2.75) is 6.92 Å². The first kappa shape index (κ1) is 17.6. The van der Waals surface area contributed by atoms with Crippen molar-refractivity contribution >= 4 is 55.1 Å². The summed E-state index contributed by atoms with van der Waals surface area (Å²) in [5.41, 5.74) is 0. The first-order valence-electron chi connectivity index (χ1n) is 5.88. The van der Waals surface area contributed by atoms with Crippen LogP contribution >= 0.6 is 43.2 Å². The molecule has 20 heavy (non-hydrogen) atoms. The molecular weight excluding hydrogens is 414 g/mol. The summed E-state index contributed by atoms with van der Waals surface area (Å²) in [6.07, 6.45) is 0. The molecule has 0 aromatic carbocycles. The molecule has 0 aliphatic carbocycles. The first-order valence-corrected chi connectivity index (χ1v) is 8.28. The molecule has 5 nitrogen and oxygen atoms in total. The third-order valence-corrected chi connectivity index (χ3v) is 5.58. The lowest BCUT2D eigenvalue weighted by Gasteiger charge is -2.20. The summed E-state index contributed by atoms with van der Waals surface area (Å²) in [6, 6.07) is 1.72. The highest BCUT2D eigenvalue weighted by atomic mass is 79.9. The second-order valence-corrected chi connectivity index (χ2v) is 6.98. The first-order chi connectivity index (χ1) is 9.49. The van der Waals surface area contributed by atoms with E-state index in [1.807, 2.05) is 0 Å². The van der Waals surface area contributed by atoms with Crippen molar-refractivity contribution in [2.75, 3.05) is 33.4 Å². The normalized spacial score (nSPS) is 10.4. The van der Waals surface area contributed by atoms with E-state index in [1.165, 1.54) is 16.2 Å². The number of carbonyl (C=O) groups excluding carboxylic acids is 2. The number of amides is 1. The van der Waals surface area contributed by atoms with E-state index in [4.69, 9.17) is 9.47 Å². The van der Waals surface area contributed by atoms with Crippen LogP contribution in [0.25, 0.3) is 0 Å². The lowest BCUT2D eigenvalue weighted by Crippen LogP contribution is -2.38. The predicted molar refractivity (Wildman–Crippen MR) is 84.1 cm³/mol. The molecule has 1 rings (SSSR count). The molecule has 0 bridgehead atoms. The summed E-state index contributed by atoms with van der Waals surface area (Å²) >= 11 is 8.00.